The molecule has 3 heterocycles. The molecule has 3 aromatic rings. The van der Waals surface area contributed by atoms with Crippen molar-refractivity contribution >= 4 is 35.0 Å². The van der Waals surface area contributed by atoms with Crippen LogP contribution in [0, 0.1) is 17.7 Å². The third-order valence-electron chi connectivity index (χ3n) is 7.81. The molecule has 0 spiro atoms. The number of nitrogens with zero attached hydrogens (tertiary/aromatic N) is 5. The SMILES string of the molecule is CC(C)c1cc(-c2ccc(F)c(Cl)c2)nn2cc(C(=O)N3CCN(C(=O)[C@H]4C[C@H](C(=O)O)C4)CC3(C)C)nc12. The van der Waals surface area contributed by atoms with Gasteiger partial charge in [-0.1, -0.05) is 25.4 Å². The predicted octanol–water partition coefficient (Wildman–Crippen LogP) is 4.49. The van der Waals surface area contributed by atoms with E-state index >= 15 is 0 Å². The summed E-state index contributed by atoms with van der Waals surface area (Å²) < 4.78 is 15.3. The Morgan fingerprint density at radius 3 is 2.46 bits per heavy atom. The van der Waals surface area contributed by atoms with E-state index in [0.717, 1.165) is 5.56 Å². The monoisotopic (exact) mass is 555 g/mol. The third-order valence-corrected chi connectivity index (χ3v) is 8.10. The highest BCUT2D eigenvalue weighted by molar-refractivity contribution is 6.31. The van der Waals surface area contributed by atoms with Crippen molar-refractivity contribution in [2.24, 2.45) is 11.8 Å². The van der Waals surface area contributed by atoms with E-state index in [1.54, 1.807) is 26.6 Å². The van der Waals surface area contributed by atoms with Crippen LogP contribution in [0.15, 0.2) is 30.5 Å². The van der Waals surface area contributed by atoms with Crippen LogP contribution < -0.4 is 0 Å². The molecule has 0 unspecified atom stereocenters. The Morgan fingerprint density at radius 2 is 1.85 bits per heavy atom. The van der Waals surface area contributed by atoms with E-state index in [9.17, 15) is 18.8 Å². The van der Waals surface area contributed by atoms with Crippen LogP contribution in [-0.4, -0.2) is 72.5 Å². The molecule has 1 aliphatic carbocycles. The fourth-order valence-corrected chi connectivity index (χ4v) is 5.64. The second kappa shape index (κ2) is 9.89. The van der Waals surface area contributed by atoms with Gasteiger partial charge in [-0.05, 0) is 56.9 Å². The number of amides is 2. The smallest absolute Gasteiger partial charge is 0.306 e. The molecule has 1 aliphatic heterocycles. The molecule has 1 saturated carbocycles. The quantitative estimate of drug-likeness (QED) is 0.497. The fraction of sp³-hybridized carbons (Fsp3) is 0.464. The van der Waals surface area contributed by atoms with Gasteiger partial charge in [0.15, 0.2) is 5.65 Å². The summed E-state index contributed by atoms with van der Waals surface area (Å²) in [6.45, 7) is 8.93. The van der Waals surface area contributed by atoms with E-state index in [4.69, 9.17) is 16.7 Å². The van der Waals surface area contributed by atoms with Gasteiger partial charge in [0.1, 0.15) is 11.5 Å². The van der Waals surface area contributed by atoms with Crippen molar-refractivity contribution in [3.05, 3.63) is 52.6 Å². The molecule has 9 nitrogen and oxygen atoms in total. The van der Waals surface area contributed by atoms with Gasteiger partial charge in [-0.2, -0.15) is 5.10 Å². The zero-order valence-electron chi connectivity index (χ0n) is 22.3. The van der Waals surface area contributed by atoms with Crippen molar-refractivity contribution in [3.63, 3.8) is 0 Å². The number of hydrogen-bond donors (Lipinski definition) is 1. The van der Waals surface area contributed by atoms with Crippen molar-refractivity contribution in [1.29, 1.82) is 0 Å². The normalized spacial score (nSPS) is 20.8. The maximum atomic E-state index is 13.7. The molecule has 0 radical (unpaired) electrons. The summed E-state index contributed by atoms with van der Waals surface area (Å²) in [6.07, 6.45) is 2.34. The lowest BCUT2D eigenvalue weighted by Gasteiger charge is -2.48. The number of carbonyl (C=O) groups is 3. The molecule has 2 aromatic heterocycles. The van der Waals surface area contributed by atoms with Crippen LogP contribution in [0.25, 0.3) is 16.9 Å². The van der Waals surface area contributed by atoms with E-state index in [2.05, 4.69) is 10.1 Å². The third kappa shape index (κ3) is 4.97. The van der Waals surface area contributed by atoms with Crippen molar-refractivity contribution in [2.75, 3.05) is 19.6 Å². The molecule has 5 rings (SSSR count). The zero-order valence-corrected chi connectivity index (χ0v) is 23.1. The number of rotatable bonds is 5. The van der Waals surface area contributed by atoms with Crippen LogP contribution in [-0.2, 0) is 9.59 Å². The average molecular weight is 556 g/mol. The van der Waals surface area contributed by atoms with Gasteiger partial charge in [-0.15, -0.1) is 0 Å². The maximum absolute atomic E-state index is 13.7. The second-order valence-electron chi connectivity index (χ2n) is 11.4. The molecular formula is C28H31ClFN5O4. The highest BCUT2D eigenvalue weighted by Gasteiger charge is 2.45. The van der Waals surface area contributed by atoms with Crippen LogP contribution in [0.3, 0.4) is 0 Å². The number of imidazole rings is 1. The van der Waals surface area contributed by atoms with Gasteiger partial charge in [0, 0.05) is 36.7 Å². The van der Waals surface area contributed by atoms with Gasteiger partial charge in [-0.3, -0.25) is 14.4 Å². The Kier molecular flexibility index (Phi) is 6.86. The highest BCUT2D eigenvalue weighted by atomic mass is 35.5. The Morgan fingerprint density at radius 1 is 1.13 bits per heavy atom. The number of benzene rings is 1. The number of aromatic nitrogens is 3. The van der Waals surface area contributed by atoms with E-state index in [-0.39, 0.29) is 34.4 Å². The minimum Gasteiger partial charge on any atom is -0.481 e. The van der Waals surface area contributed by atoms with E-state index in [1.807, 2.05) is 33.8 Å². The lowest BCUT2D eigenvalue weighted by molar-refractivity contribution is -0.153. The molecule has 39 heavy (non-hydrogen) atoms. The number of fused-ring (bicyclic) bond motifs is 1. The van der Waals surface area contributed by atoms with Crippen LogP contribution >= 0.6 is 11.6 Å². The van der Waals surface area contributed by atoms with Crippen LogP contribution in [0.1, 0.15) is 62.5 Å². The molecule has 0 atom stereocenters. The Labute approximate surface area is 230 Å². The lowest BCUT2D eigenvalue weighted by atomic mass is 9.74. The lowest BCUT2D eigenvalue weighted by Crippen LogP contribution is -2.63. The first-order chi connectivity index (χ1) is 18.4. The van der Waals surface area contributed by atoms with Gasteiger partial charge in [0.05, 0.1) is 28.4 Å². The summed E-state index contributed by atoms with van der Waals surface area (Å²) in [7, 11) is 0. The standard InChI is InChI=1S/C28H31ClFN5O4/c1-15(2)19-12-22(16-5-6-21(30)20(29)11-16)32-35-13-23(31-24(19)35)26(37)34-8-7-33(14-28(34,3)4)25(36)17-9-18(10-17)27(38)39/h5-6,11-13,15,17-18H,7-10,14H2,1-4H3,(H,38,39)/t17-,18-. The van der Waals surface area contributed by atoms with E-state index in [0.29, 0.717) is 49.4 Å². The second-order valence-corrected chi connectivity index (χ2v) is 11.8. The first-order valence-corrected chi connectivity index (χ1v) is 13.4. The van der Waals surface area contributed by atoms with Gasteiger partial charge in [0.25, 0.3) is 5.91 Å². The van der Waals surface area contributed by atoms with E-state index < -0.39 is 23.2 Å². The molecule has 2 aliphatic rings. The molecule has 1 N–H and O–H groups in total. The molecule has 2 amide bonds. The minimum atomic E-state index is -0.856. The largest absolute Gasteiger partial charge is 0.481 e. The van der Waals surface area contributed by atoms with Crippen molar-refractivity contribution in [3.8, 4) is 11.3 Å². The van der Waals surface area contributed by atoms with Crippen LogP contribution in [0.5, 0.6) is 0 Å². The van der Waals surface area contributed by atoms with Crippen molar-refractivity contribution in [1.82, 2.24) is 24.4 Å². The maximum Gasteiger partial charge on any atom is 0.306 e. The summed E-state index contributed by atoms with van der Waals surface area (Å²) in [5.41, 5.74) is 2.27. The van der Waals surface area contributed by atoms with Gasteiger partial charge < -0.3 is 14.9 Å². The van der Waals surface area contributed by atoms with Gasteiger partial charge in [0.2, 0.25) is 5.91 Å². The summed E-state index contributed by atoms with van der Waals surface area (Å²) >= 11 is 6.00. The number of aliphatic carboxylic acids is 1. The topological polar surface area (TPSA) is 108 Å². The highest BCUT2D eigenvalue weighted by Crippen LogP contribution is 2.36. The van der Waals surface area contributed by atoms with Crippen molar-refractivity contribution in [2.45, 2.75) is 52.0 Å². The molecule has 206 valence electrons. The Bertz CT molecular complexity index is 1480. The molecule has 11 heteroatoms. The summed E-state index contributed by atoms with van der Waals surface area (Å²) in [5, 5.41) is 13.8. The summed E-state index contributed by atoms with van der Waals surface area (Å²) in [5.74, 6) is -2.31. The Hall–Kier alpha value is -3.53. The minimum absolute atomic E-state index is 0.000795. The average Bonchev–Trinajstić information content (AvgIpc) is 3.27. The first-order valence-electron chi connectivity index (χ1n) is 13.0. The van der Waals surface area contributed by atoms with E-state index in [1.165, 1.54) is 12.1 Å². The number of halogens is 2. The van der Waals surface area contributed by atoms with Crippen LogP contribution in [0.4, 0.5) is 4.39 Å². The summed E-state index contributed by atoms with van der Waals surface area (Å²) in [6, 6.07) is 6.31. The molecule has 1 aromatic carbocycles. The number of carbonyl (C=O) groups excluding carboxylic acids is 2. The molecule has 0 bridgehead atoms. The molecule has 2 fully saturated rings. The molecule has 1 saturated heterocycles. The number of piperazine rings is 1. The van der Waals surface area contributed by atoms with Gasteiger partial charge in [-0.25, -0.2) is 13.9 Å². The summed E-state index contributed by atoms with van der Waals surface area (Å²) in [4.78, 5) is 45.9. The number of carboxylic acids is 1. The molecular weight excluding hydrogens is 525 g/mol. The zero-order chi connectivity index (χ0) is 28.2. The van der Waals surface area contributed by atoms with Crippen LogP contribution in [0.2, 0.25) is 5.02 Å². The Balaban J connectivity index is 1.39. The van der Waals surface area contributed by atoms with Crippen molar-refractivity contribution < 1.29 is 23.9 Å². The number of hydrogen-bond acceptors (Lipinski definition) is 5. The predicted molar refractivity (Wildman–Crippen MR) is 143 cm³/mol. The fourth-order valence-electron chi connectivity index (χ4n) is 5.46. The number of carboxylic acid groups (broad SMARTS) is 1. The van der Waals surface area contributed by atoms with Gasteiger partial charge >= 0.3 is 5.97 Å². The first kappa shape index (κ1) is 27.1.